The number of nitrogens with zero attached hydrogens (tertiary/aromatic N) is 2. The lowest BCUT2D eigenvalue weighted by atomic mass is 9.98. The highest BCUT2D eigenvalue weighted by atomic mass is 32.1. The second-order valence-corrected chi connectivity index (χ2v) is 6.00. The minimum absolute atomic E-state index is 0.133. The molecule has 6 heteroatoms. The van der Waals surface area contributed by atoms with Gasteiger partial charge in [-0.25, -0.2) is 9.78 Å². The first-order chi connectivity index (χ1) is 9.53. The summed E-state index contributed by atoms with van der Waals surface area (Å²) in [4.78, 5) is 18.3. The van der Waals surface area contributed by atoms with Gasteiger partial charge in [-0.2, -0.15) is 0 Å². The van der Waals surface area contributed by atoms with Gasteiger partial charge in [0, 0.05) is 25.4 Å². The second-order valence-electron chi connectivity index (χ2n) is 4.92. The Bertz CT molecular complexity index is 430. The van der Waals surface area contributed by atoms with E-state index in [1.807, 2.05) is 11.9 Å². The molecule has 2 N–H and O–H groups in total. The summed E-state index contributed by atoms with van der Waals surface area (Å²) < 4.78 is 0. The third-order valence-corrected chi connectivity index (χ3v) is 4.57. The number of aromatic carboxylic acids is 1. The molecule has 0 aliphatic rings. The summed E-state index contributed by atoms with van der Waals surface area (Å²) in [7, 11) is 1.93. The Kier molecular flexibility index (Phi) is 7.12. The van der Waals surface area contributed by atoms with Crippen molar-refractivity contribution in [3.63, 3.8) is 0 Å². The van der Waals surface area contributed by atoms with E-state index in [1.165, 1.54) is 11.3 Å². The van der Waals surface area contributed by atoms with E-state index in [9.17, 15) is 9.90 Å². The number of carboxylic acids is 1. The Balaban J connectivity index is 2.83. The van der Waals surface area contributed by atoms with Crippen molar-refractivity contribution in [3.05, 3.63) is 15.6 Å². The van der Waals surface area contributed by atoms with Gasteiger partial charge in [0.15, 0.2) is 0 Å². The Morgan fingerprint density at radius 1 is 1.35 bits per heavy atom. The molecule has 0 saturated carbocycles. The molecular formula is C14H24N2O3S. The molecule has 1 heterocycles. The van der Waals surface area contributed by atoms with Crippen LogP contribution < -0.4 is 0 Å². The van der Waals surface area contributed by atoms with Crippen LogP contribution in [0.15, 0.2) is 0 Å². The van der Waals surface area contributed by atoms with Gasteiger partial charge in [-0.3, -0.25) is 0 Å². The van der Waals surface area contributed by atoms with E-state index in [4.69, 9.17) is 5.11 Å². The van der Waals surface area contributed by atoms with Crippen molar-refractivity contribution in [3.8, 4) is 0 Å². The van der Waals surface area contributed by atoms with Crippen molar-refractivity contribution in [2.75, 3.05) is 26.7 Å². The van der Waals surface area contributed by atoms with Crippen LogP contribution in [-0.2, 0) is 6.42 Å². The molecule has 5 nitrogen and oxygen atoms in total. The van der Waals surface area contributed by atoms with Crippen molar-refractivity contribution in [1.29, 1.82) is 0 Å². The topological polar surface area (TPSA) is 73.7 Å². The van der Waals surface area contributed by atoms with Gasteiger partial charge in [-0.05, 0) is 19.9 Å². The average molecular weight is 300 g/mol. The Labute approximate surface area is 124 Å². The molecule has 0 radical (unpaired) electrons. The van der Waals surface area contributed by atoms with Crippen molar-refractivity contribution >= 4 is 17.3 Å². The summed E-state index contributed by atoms with van der Waals surface area (Å²) >= 11 is 1.29. The summed E-state index contributed by atoms with van der Waals surface area (Å²) in [6.07, 6.45) is 2.54. The molecule has 20 heavy (non-hydrogen) atoms. The van der Waals surface area contributed by atoms with Crippen LogP contribution in [0.4, 0.5) is 0 Å². The van der Waals surface area contributed by atoms with Crippen LogP contribution in [0.2, 0.25) is 0 Å². The quantitative estimate of drug-likeness (QED) is 0.731. The van der Waals surface area contributed by atoms with Crippen LogP contribution in [0.5, 0.6) is 0 Å². The minimum atomic E-state index is -0.876. The number of thiazole rings is 1. The van der Waals surface area contributed by atoms with E-state index in [1.54, 1.807) is 0 Å². The van der Waals surface area contributed by atoms with Gasteiger partial charge < -0.3 is 15.1 Å². The van der Waals surface area contributed by atoms with Crippen molar-refractivity contribution in [2.45, 2.75) is 39.0 Å². The van der Waals surface area contributed by atoms with Crippen LogP contribution in [0.3, 0.4) is 0 Å². The van der Waals surface area contributed by atoms with Crippen molar-refractivity contribution in [2.24, 2.45) is 0 Å². The number of aliphatic hydroxyl groups is 1. The van der Waals surface area contributed by atoms with Crippen LogP contribution in [0, 0.1) is 0 Å². The molecule has 0 saturated heterocycles. The number of likely N-dealkylation sites (N-methyl/N-ethyl adjacent to an activating group) is 1. The Morgan fingerprint density at radius 3 is 2.50 bits per heavy atom. The zero-order valence-corrected chi connectivity index (χ0v) is 13.2. The van der Waals surface area contributed by atoms with Crippen LogP contribution in [0.1, 0.15) is 53.0 Å². The molecule has 0 bridgehead atoms. The largest absolute Gasteiger partial charge is 0.477 e. The number of rotatable bonds is 9. The first-order valence-corrected chi connectivity index (χ1v) is 7.87. The third-order valence-electron chi connectivity index (χ3n) is 3.45. The predicted octanol–water partition coefficient (Wildman–Crippen LogP) is 2.21. The number of carbonyl (C=O) groups is 1. The molecule has 0 amide bonds. The smallest absolute Gasteiger partial charge is 0.347 e. The lowest BCUT2D eigenvalue weighted by molar-refractivity contribution is 0.0700. The lowest BCUT2D eigenvalue weighted by Crippen LogP contribution is -2.24. The highest BCUT2D eigenvalue weighted by Crippen LogP contribution is 2.30. The van der Waals surface area contributed by atoms with Crippen LogP contribution >= 0.6 is 11.3 Å². The first-order valence-electron chi connectivity index (χ1n) is 7.05. The predicted molar refractivity (Wildman–Crippen MR) is 80.7 cm³/mol. The molecule has 0 atom stereocenters. The van der Waals surface area contributed by atoms with Gasteiger partial charge in [0.1, 0.15) is 4.88 Å². The van der Waals surface area contributed by atoms with Gasteiger partial charge in [0.2, 0.25) is 0 Å². The summed E-state index contributed by atoms with van der Waals surface area (Å²) in [6.45, 7) is 5.65. The summed E-state index contributed by atoms with van der Waals surface area (Å²) in [5, 5.41) is 19.0. The number of carboxylic acid groups (broad SMARTS) is 1. The van der Waals surface area contributed by atoms with Crippen LogP contribution in [-0.4, -0.2) is 52.8 Å². The highest BCUT2D eigenvalue weighted by molar-refractivity contribution is 7.13. The number of aromatic nitrogens is 1. The number of hydrogen-bond acceptors (Lipinski definition) is 5. The molecule has 0 fully saturated rings. The van der Waals surface area contributed by atoms with E-state index in [2.05, 4.69) is 18.8 Å². The van der Waals surface area contributed by atoms with Gasteiger partial charge in [0.25, 0.3) is 0 Å². The van der Waals surface area contributed by atoms with E-state index >= 15 is 0 Å². The van der Waals surface area contributed by atoms with Gasteiger partial charge in [0.05, 0.1) is 17.3 Å². The average Bonchev–Trinajstić information content (AvgIpc) is 2.83. The lowest BCUT2D eigenvalue weighted by Gasteiger charge is -2.13. The van der Waals surface area contributed by atoms with E-state index in [0.717, 1.165) is 36.5 Å². The Hall–Kier alpha value is -0.980. The Morgan fingerprint density at radius 2 is 2.00 bits per heavy atom. The molecule has 0 aliphatic carbocycles. The summed E-state index contributed by atoms with van der Waals surface area (Å²) in [5.74, 6) is -0.652. The maximum Gasteiger partial charge on any atom is 0.347 e. The fraction of sp³-hybridized carbons (Fsp3) is 0.714. The molecule has 1 aromatic heterocycles. The van der Waals surface area contributed by atoms with E-state index in [-0.39, 0.29) is 12.5 Å². The molecular weight excluding hydrogens is 276 g/mol. The summed E-state index contributed by atoms with van der Waals surface area (Å²) in [5.41, 5.74) is 0.743. The third kappa shape index (κ3) is 4.54. The molecule has 1 rings (SSSR count). The van der Waals surface area contributed by atoms with E-state index < -0.39 is 5.97 Å². The molecule has 1 aromatic rings. The molecule has 114 valence electrons. The van der Waals surface area contributed by atoms with Crippen molar-refractivity contribution in [1.82, 2.24) is 9.88 Å². The first kappa shape index (κ1) is 17.1. The maximum atomic E-state index is 11.3. The zero-order valence-electron chi connectivity index (χ0n) is 12.4. The SMILES string of the molecule is CCC(CC)c1nc(CCN(C)CCO)sc1C(=O)O. The van der Waals surface area contributed by atoms with Gasteiger partial charge in [-0.15, -0.1) is 11.3 Å². The monoisotopic (exact) mass is 300 g/mol. The molecule has 0 unspecified atom stereocenters. The maximum absolute atomic E-state index is 11.3. The molecule has 0 spiro atoms. The zero-order chi connectivity index (χ0) is 15.1. The van der Waals surface area contributed by atoms with E-state index in [0.29, 0.717) is 11.4 Å². The molecule has 0 aliphatic heterocycles. The summed E-state index contributed by atoms with van der Waals surface area (Å²) in [6, 6.07) is 0. The fourth-order valence-electron chi connectivity index (χ4n) is 2.16. The minimum Gasteiger partial charge on any atom is -0.477 e. The van der Waals surface area contributed by atoms with Crippen LogP contribution in [0.25, 0.3) is 0 Å². The standard InChI is InChI=1S/C14H24N2O3S/c1-4-10(5-2)12-13(14(18)19)20-11(15-12)6-7-16(3)8-9-17/h10,17H,4-9H2,1-3H3,(H,18,19). The number of aliphatic hydroxyl groups excluding tert-OH is 1. The highest BCUT2D eigenvalue weighted by Gasteiger charge is 2.22. The number of hydrogen-bond donors (Lipinski definition) is 2. The van der Waals surface area contributed by atoms with Gasteiger partial charge >= 0.3 is 5.97 Å². The second kappa shape index (κ2) is 8.34. The van der Waals surface area contributed by atoms with Gasteiger partial charge in [-0.1, -0.05) is 13.8 Å². The van der Waals surface area contributed by atoms with Crippen molar-refractivity contribution < 1.29 is 15.0 Å². The normalized spacial score (nSPS) is 11.5. The fourth-order valence-corrected chi connectivity index (χ4v) is 3.14. The molecule has 0 aromatic carbocycles.